The quantitative estimate of drug-likeness (QED) is 0.162. The fourth-order valence-electron chi connectivity index (χ4n) is 11.6. The molecular formula is C62H44N2. The maximum Gasteiger partial charge on any atom is 0.0714 e. The summed E-state index contributed by atoms with van der Waals surface area (Å²) >= 11 is 0. The molecule has 2 aliphatic rings. The van der Waals surface area contributed by atoms with Crippen molar-refractivity contribution in [2.75, 3.05) is 4.90 Å². The maximum absolute atomic E-state index is 2.49. The largest absolute Gasteiger partial charge is 0.310 e. The molecule has 0 spiro atoms. The highest BCUT2D eigenvalue weighted by atomic mass is 15.1. The molecule has 13 rings (SSSR count). The lowest BCUT2D eigenvalue weighted by Gasteiger charge is -2.35. The maximum atomic E-state index is 2.49. The second-order valence-corrected chi connectivity index (χ2v) is 18.1. The molecule has 2 aliphatic carbocycles. The highest BCUT2D eigenvalue weighted by Crippen LogP contribution is 2.57. The molecule has 302 valence electrons. The van der Waals surface area contributed by atoms with Crippen molar-refractivity contribution >= 4 is 49.6 Å². The highest BCUT2D eigenvalue weighted by Gasteiger charge is 2.46. The minimum Gasteiger partial charge on any atom is -0.310 e. The number of hydrogen-bond acceptors (Lipinski definition) is 1. The molecule has 2 heteroatoms. The Labute approximate surface area is 374 Å². The molecule has 64 heavy (non-hydrogen) atoms. The Hall–Kier alpha value is -7.94. The van der Waals surface area contributed by atoms with E-state index in [-0.39, 0.29) is 5.41 Å². The second kappa shape index (κ2) is 13.8. The molecule has 0 atom stereocenters. The first-order valence-electron chi connectivity index (χ1n) is 22.4. The Kier molecular flexibility index (Phi) is 7.90. The van der Waals surface area contributed by atoms with Crippen molar-refractivity contribution in [3.8, 4) is 27.9 Å². The van der Waals surface area contributed by atoms with Gasteiger partial charge in [0.15, 0.2) is 0 Å². The van der Waals surface area contributed by atoms with Crippen molar-refractivity contribution in [2.24, 2.45) is 0 Å². The summed E-state index contributed by atoms with van der Waals surface area (Å²) in [6.07, 6.45) is 0. The van der Waals surface area contributed by atoms with Gasteiger partial charge in [-0.25, -0.2) is 0 Å². The lowest BCUT2D eigenvalue weighted by atomic mass is 9.67. The summed E-state index contributed by atoms with van der Waals surface area (Å²) in [5.74, 6) is 0. The molecule has 0 N–H and O–H groups in total. The Bertz CT molecular complexity index is 3590. The van der Waals surface area contributed by atoms with Crippen molar-refractivity contribution in [2.45, 2.75) is 24.7 Å². The molecule has 0 fully saturated rings. The van der Waals surface area contributed by atoms with Crippen LogP contribution in [0.5, 0.6) is 0 Å². The van der Waals surface area contributed by atoms with Crippen molar-refractivity contribution in [3.05, 3.63) is 264 Å². The predicted molar refractivity (Wildman–Crippen MR) is 268 cm³/mol. The van der Waals surface area contributed by atoms with E-state index in [4.69, 9.17) is 0 Å². The fraction of sp³-hybridized carbons (Fsp3) is 0.0645. The van der Waals surface area contributed by atoms with Gasteiger partial charge in [-0.05, 0) is 134 Å². The number of para-hydroxylation sites is 3. The van der Waals surface area contributed by atoms with Gasteiger partial charge in [0.2, 0.25) is 0 Å². The van der Waals surface area contributed by atoms with Crippen LogP contribution in [0, 0.1) is 0 Å². The van der Waals surface area contributed by atoms with Crippen LogP contribution in [-0.4, -0.2) is 4.57 Å². The molecule has 0 saturated heterocycles. The first-order valence-corrected chi connectivity index (χ1v) is 22.4. The standard InChI is InChI=1S/C62H44N2/c1-61(2)56-36-41-20-18-35-59(50(41)38-51(56)52-40-60-53(39-57(52)61)49-31-14-17-34-58(49)64(60)45-26-10-5-11-27-45)63(44-24-8-4-9-25-44)46-28-19-23-43(37-46)62(42-21-6-3-7-22-42)54-32-15-12-29-47(54)48-30-13-16-33-55(48)62/h3-40H,1-2H3. The van der Waals surface area contributed by atoms with Crippen LogP contribution in [0.25, 0.3) is 60.5 Å². The number of anilines is 3. The molecule has 0 unspecified atom stereocenters. The van der Waals surface area contributed by atoms with Crippen LogP contribution in [0.2, 0.25) is 0 Å². The summed E-state index contributed by atoms with van der Waals surface area (Å²) in [7, 11) is 0. The first kappa shape index (κ1) is 36.7. The number of aromatic nitrogens is 1. The van der Waals surface area contributed by atoms with E-state index in [1.807, 2.05) is 0 Å². The van der Waals surface area contributed by atoms with Gasteiger partial charge in [-0.3, -0.25) is 0 Å². The van der Waals surface area contributed by atoms with E-state index < -0.39 is 5.41 Å². The summed E-state index contributed by atoms with van der Waals surface area (Å²) in [4.78, 5) is 2.47. The molecule has 0 saturated carbocycles. The van der Waals surface area contributed by atoms with Crippen LogP contribution in [0.1, 0.15) is 47.2 Å². The third kappa shape index (κ3) is 5.08. The van der Waals surface area contributed by atoms with Crippen molar-refractivity contribution in [1.82, 2.24) is 4.57 Å². The van der Waals surface area contributed by atoms with Gasteiger partial charge < -0.3 is 9.47 Å². The first-order chi connectivity index (χ1) is 31.5. The Morgan fingerprint density at radius 3 is 1.69 bits per heavy atom. The van der Waals surface area contributed by atoms with Gasteiger partial charge >= 0.3 is 0 Å². The van der Waals surface area contributed by atoms with Gasteiger partial charge in [0.05, 0.1) is 22.1 Å². The Morgan fingerprint density at radius 1 is 0.359 bits per heavy atom. The van der Waals surface area contributed by atoms with E-state index in [1.165, 1.54) is 93.9 Å². The monoisotopic (exact) mass is 816 g/mol. The van der Waals surface area contributed by atoms with Crippen LogP contribution >= 0.6 is 0 Å². The molecule has 10 aromatic carbocycles. The van der Waals surface area contributed by atoms with Crippen LogP contribution < -0.4 is 4.90 Å². The number of benzene rings is 10. The molecule has 1 aromatic heterocycles. The molecule has 0 aliphatic heterocycles. The van der Waals surface area contributed by atoms with E-state index in [0.29, 0.717) is 0 Å². The predicted octanol–water partition coefficient (Wildman–Crippen LogP) is 16.1. The third-order valence-corrected chi connectivity index (χ3v) is 14.4. The third-order valence-electron chi connectivity index (χ3n) is 14.4. The second-order valence-electron chi connectivity index (χ2n) is 18.1. The van der Waals surface area contributed by atoms with Crippen LogP contribution in [0.15, 0.2) is 231 Å². The SMILES string of the molecule is CC1(C)c2cc3cccc(N(c4ccccc4)c4cccc(C5(c6ccccc6)c6ccccc6-c6ccccc65)c4)c3cc2-c2cc3c(cc21)c1ccccc1n3-c1ccccc1. The average molecular weight is 817 g/mol. The van der Waals surface area contributed by atoms with E-state index in [2.05, 4.69) is 254 Å². The smallest absolute Gasteiger partial charge is 0.0714 e. The average Bonchev–Trinajstić information content (AvgIpc) is 3.92. The van der Waals surface area contributed by atoms with Gasteiger partial charge in [-0.2, -0.15) is 0 Å². The lowest BCUT2D eigenvalue weighted by Crippen LogP contribution is -2.28. The van der Waals surface area contributed by atoms with Crippen molar-refractivity contribution in [3.63, 3.8) is 0 Å². The molecule has 11 aromatic rings. The van der Waals surface area contributed by atoms with Gasteiger partial charge in [0.25, 0.3) is 0 Å². The summed E-state index contributed by atoms with van der Waals surface area (Å²) in [5, 5.41) is 5.03. The molecule has 0 bridgehead atoms. The number of rotatable bonds is 6. The molecule has 2 nitrogen and oxygen atoms in total. The summed E-state index contributed by atoms with van der Waals surface area (Å²) in [5.41, 5.74) is 19.4. The number of nitrogens with zero attached hydrogens (tertiary/aromatic N) is 2. The zero-order valence-corrected chi connectivity index (χ0v) is 35.8. The van der Waals surface area contributed by atoms with Crippen molar-refractivity contribution in [1.29, 1.82) is 0 Å². The Balaban J connectivity index is 1.05. The zero-order valence-electron chi connectivity index (χ0n) is 35.8. The topological polar surface area (TPSA) is 8.17 Å². The van der Waals surface area contributed by atoms with Gasteiger partial charge in [-0.15, -0.1) is 0 Å². The van der Waals surface area contributed by atoms with E-state index in [9.17, 15) is 0 Å². The van der Waals surface area contributed by atoms with E-state index in [1.54, 1.807) is 0 Å². The van der Waals surface area contributed by atoms with E-state index >= 15 is 0 Å². The highest BCUT2D eigenvalue weighted by molar-refractivity contribution is 6.12. The number of fused-ring (bicyclic) bond motifs is 10. The summed E-state index contributed by atoms with van der Waals surface area (Å²) < 4.78 is 2.44. The summed E-state index contributed by atoms with van der Waals surface area (Å²) in [6.45, 7) is 4.80. The normalized spacial score (nSPS) is 14.0. The van der Waals surface area contributed by atoms with Gasteiger partial charge in [0, 0.05) is 38.6 Å². The molecular weight excluding hydrogens is 773 g/mol. The van der Waals surface area contributed by atoms with Crippen LogP contribution in [0.3, 0.4) is 0 Å². The van der Waals surface area contributed by atoms with Crippen LogP contribution in [0.4, 0.5) is 17.1 Å². The molecule has 0 radical (unpaired) electrons. The molecule has 0 amide bonds. The zero-order chi connectivity index (χ0) is 42.6. The number of hydrogen-bond donors (Lipinski definition) is 0. The fourth-order valence-corrected chi connectivity index (χ4v) is 11.6. The van der Waals surface area contributed by atoms with E-state index in [0.717, 1.165) is 17.1 Å². The van der Waals surface area contributed by atoms with Gasteiger partial charge in [-0.1, -0.05) is 172 Å². The van der Waals surface area contributed by atoms with Gasteiger partial charge in [0.1, 0.15) is 0 Å². The lowest BCUT2D eigenvalue weighted by molar-refractivity contribution is 0.662. The summed E-state index contributed by atoms with van der Waals surface area (Å²) in [6, 6.07) is 85.7. The molecule has 1 heterocycles. The van der Waals surface area contributed by atoms with Crippen LogP contribution in [-0.2, 0) is 10.8 Å². The Morgan fingerprint density at radius 2 is 0.938 bits per heavy atom. The van der Waals surface area contributed by atoms with Crippen molar-refractivity contribution < 1.29 is 0 Å². The minimum absolute atomic E-state index is 0.188. The minimum atomic E-state index is -0.505.